The second kappa shape index (κ2) is 13.7. The van der Waals surface area contributed by atoms with Crippen LogP contribution in [0.5, 0.6) is 0 Å². The molecule has 8 heteroatoms. The van der Waals surface area contributed by atoms with Gasteiger partial charge >= 0.3 is 0 Å². The molecule has 1 aromatic heterocycles. The average molecular weight is 572 g/mol. The van der Waals surface area contributed by atoms with Gasteiger partial charge in [0.2, 0.25) is 0 Å². The number of likely N-dealkylation sites (tertiary alicyclic amines) is 1. The van der Waals surface area contributed by atoms with Gasteiger partial charge in [-0.15, -0.1) is 11.8 Å². The van der Waals surface area contributed by atoms with Crippen LogP contribution >= 0.6 is 35.0 Å². The first kappa shape index (κ1) is 28.8. The molecule has 3 aromatic rings. The van der Waals surface area contributed by atoms with E-state index in [9.17, 15) is 4.79 Å². The number of pyridine rings is 1. The molecular weight excluding hydrogens is 535 g/mol. The van der Waals surface area contributed by atoms with E-state index in [4.69, 9.17) is 23.2 Å². The van der Waals surface area contributed by atoms with Gasteiger partial charge < -0.3 is 15.1 Å². The van der Waals surface area contributed by atoms with E-state index in [0.29, 0.717) is 18.6 Å². The van der Waals surface area contributed by atoms with Gasteiger partial charge in [0.05, 0.1) is 15.6 Å². The standard InChI is InChI=1S/C30H36Cl2N4OS/c1-21-5-4-6-23(17-21)20-36(24-7-9-26(38-3)10-8-24)25-12-15-35(16-13-25)22(2)11-14-34-30(37)29-27(31)18-33-19-28(29)32/h4-10,17-19,22,25H,11-16,20H2,1-3H3,(H,34,37). The van der Waals surface area contributed by atoms with E-state index in [2.05, 4.69) is 88.7 Å². The largest absolute Gasteiger partial charge is 0.364 e. The number of aromatic nitrogens is 1. The normalized spacial score (nSPS) is 15.3. The summed E-state index contributed by atoms with van der Waals surface area (Å²) in [5.41, 5.74) is 4.22. The van der Waals surface area contributed by atoms with Crippen molar-refractivity contribution in [2.24, 2.45) is 0 Å². The van der Waals surface area contributed by atoms with Gasteiger partial charge in [-0.3, -0.25) is 9.78 Å². The number of hydrogen-bond acceptors (Lipinski definition) is 5. The Balaban J connectivity index is 1.34. The van der Waals surface area contributed by atoms with E-state index >= 15 is 0 Å². The van der Waals surface area contributed by atoms with Crippen LogP contribution < -0.4 is 10.2 Å². The molecule has 1 N–H and O–H groups in total. The van der Waals surface area contributed by atoms with Gasteiger partial charge in [0.1, 0.15) is 0 Å². The maximum absolute atomic E-state index is 12.6. The van der Waals surface area contributed by atoms with E-state index in [1.807, 2.05) is 0 Å². The van der Waals surface area contributed by atoms with Crippen molar-refractivity contribution in [2.45, 2.75) is 56.6 Å². The van der Waals surface area contributed by atoms with Crippen LogP contribution in [0.2, 0.25) is 10.0 Å². The van der Waals surface area contributed by atoms with Gasteiger partial charge in [0.15, 0.2) is 0 Å². The molecule has 2 heterocycles. The van der Waals surface area contributed by atoms with Gasteiger partial charge in [0, 0.05) is 61.2 Å². The van der Waals surface area contributed by atoms with Crippen molar-refractivity contribution in [3.05, 3.63) is 87.7 Å². The van der Waals surface area contributed by atoms with Gasteiger partial charge in [-0.1, -0.05) is 53.0 Å². The van der Waals surface area contributed by atoms with Gasteiger partial charge in [0.25, 0.3) is 5.91 Å². The van der Waals surface area contributed by atoms with Gasteiger partial charge in [-0.25, -0.2) is 0 Å². The number of carbonyl (C=O) groups is 1. The smallest absolute Gasteiger partial charge is 0.254 e. The number of rotatable bonds is 10. The predicted molar refractivity (Wildman–Crippen MR) is 161 cm³/mol. The second-order valence-electron chi connectivity index (χ2n) is 9.95. The molecule has 4 rings (SSSR count). The minimum Gasteiger partial charge on any atom is -0.364 e. The number of amides is 1. The minimum atomic E-state index is -0.257. The summed E-state index contributed by atoms with van der Waals surface area (Å²) in [6.45, 7) is 7.95. The number of piperidine rings is 1. The summed E-state index contributed by atoms with van der Waals surface area (Å²) >= 11 is 14.0. The van der Waals surface area contributed by atoms with Crippen molar-refractivity contribution in [3.8, 4) is 0 Å². The van der Waals surface area contributed by atoms with Crippen LogP contribution in [0.1, 0.15) is 47.7 Å². The van der Waals surface area contributed by atoms with Gasteiger partial charge in [-0.2, -0.15) is 0 Å². The quantitative estimate of drug-likeness (QED) is 0.263. The Morgan fingerprint density at radius 1 is 1.13 bits per heavy atom. The van der Waals surface area contributed by atoms with Crippen LogP contribution in [0, 0.1) is 6.92 Å². The zero-order valence-electron chi connectivity index (χ0n) is 22.3. The molecule has 2 aromatic carbocycles. The van der Waals surface area contributed by atoms with Crippen molar-refractivity contribution in [3.63, 3.8) is 0 Å². The first-order chi connectivity index (χ1) is 18.4. The fraction of sp³-hybridized carbons (Fsp3) is 0.400. The molecule has 0 aliphatic carbocycles. The topological polar surface area (TPSA) is 48.5 Å². The molecule has 1 unspecified atom stereocenters. The minimum absolute atomic E-state index is 0.257. The molecule has 202 valence electrons. The molecule has 0 bridgehead atoms. The number of thioether (sulfide) groups is 1. The van der Waals surface area contributed by atoms with Crippen molar-refractivity contribution >= 4 is 46.6 Å². The number of halogens is 2. The highest BCUT2D eigenvalue weighted by Gasteiger charge is 2.27. The highest BCUT2D eigenvalue weighted by molar-refractivity contribution is 7.98. The van der Waals surface area contributed by atoms with E-state index in [-0.39, 0.29) is 21.5 Å². The maximum Gasteiger partial charge on any atom is 0.254 e. The van der Waals surface area contributed by atoms with Crippen LogP contribution in [0.15, 0.2) is 65.8 Å². The Kier molecular flexibility index (Phi) is 10.4. The number of benzene rings is 2. The summed E-state index contributed by atoms with van der Waals surface area (Å²) in [5.74, 6) is -0.257. The molecule has 0 saturated carbocycles. The molecule has 0 radical (unpaired) electrons. The summed E-state index contributed by atoms with van der Waals surface area (Å²) in [6, 6.07) is 18.7. The van der Waals surface area contributed by atoms with Crippen LogP contribution in [-0.4, -0.2) is 53.8 Å². The van der Waals surface area contributed by atoms with E-state index < -0.39 is 0 Å². The molecule has 1 saturated heterocycles. The second-order valence-corrected chi connectivity index (χ2v) is 11.6. The highest BCUT2D eigenvalue weighted by Crippen LogP contribution is 2.29. The third kappa shape index (κ3) is 7.44. The monoisotopic (exact) mass is 570 g/mol. The Labute approximate surface area is 240 Å². The van der Waals surface area contributed by atoms with Gasteiger partial charge in [-0.05, 0) is 69.2 Å². The summed E-state index contributed by atoms with van der Waals surface area (Å²) in [6.07, 6.45) is 8.07. The fourth-order valence-electron chi connectivity index (χ4n) is 5.14. The lowest BCUT2D eigenvalue weighted by atomic mass is 9.99. The lowest BCUT2D eigenvalue weighted by Gasteiger charge is -2.42. The van der Waals surface area contributed by atoms with Crippen molar-refractivity contribution < 1.29 is 4.79 Å². The number of hydrogen-bond donors (Lipinski definition) is 1. The summed E-state index contributed by atoms with van der Waals surface area (Å²) in [5, 5.41) is 3.50. The first-order valence-corrected chi connectivity index (χ1v) is 15.1. The van der Waals surface area contributed by atoms with Crippen LogP contribution in [-0.2, 0) is 6.54 Å². The van der Waals surface area contributed by atoms with Crippen molar-refractivity contribution in [1.29, 1.82) is 0 Å². The van der Waals surface area contributed by atoms with Crippen LogP contribution in [0.25, 0.3) is 0 Å². The molecule has 1 atom stereocenters. The molecule has 0 spiro atoms. The lowest BCUT2D eigenvalue weighted by molar-refractivity contribution is 0.0945. The molecule has 1 fully saturated rings. The number of aryl methyl sites for hydroxylation is 1. The Hall–Kier alpha value is -2.25. The highest BCUT2D eigenvalue weighted by atomic mass is 35.5. The zero-order valence-corrected chi connectivity index (χ0v) is 24.6. The molecule has 1 aliphatic heterocycles. The summed E-state index contributed by atoms with van der Waals surface area (Å²) < 4.78 is 0. The number of carbonyl (C=O) groups excluding carboxylic acids is 1. The number of nitrogens with one attached hydrogen (secondary N) is 1. The molecule has 1 aliphatic rings. The SMILES string of the molecule is CSc1ccc(N(Cc2cccc(C)c2)C2CCN(C(C)CCNC(=O)c3c(Cl)cncc3Cl)CC2)cc1. The lowest BCUT2D eigenvalue weighted by Crippen LogP contribution is -2.48. The Morgan fingerprint density at radius 2 is 1.82 bits per heavy atom. The number of nitrogens with zero attached hydrogens (tertiary/aromatic N) is 3. The first-order valence-electron chi connectivity index (χ1n) is 13.1. The summed E-state index contributed by atoms with van der Waals surface area (Å²) in [7, 11) is 0. The Bertz CT molecular complexity index is 1190. The van der Waals surface area contributed by atoms with E-state index in [1.54, 1.807) is 11.8 Å². The summed E-state index contributed by atoms with van der Waals surface area (Å²) in [4.78, 5) is 22.9. The third-order valence-corrected chi connectivity index (χ3v) is 8.65. The van der Waals surface area contributed by atoms with E-state index in [1.165, 1.54) is 34.1 Å². The number of anilines is 1. The fourth-order valence-corrected chi connectivity index (χ4v) is 6.09. The van der Waals surface area contributed by atoms with Crippen molar-refractivity contribution in [2.75, 3.05) is 30.8 Å². The molecular formula is C30H36Cl2N4OS. The predicted octanol–water partition coefficient (Wildman–Crippen LogP) is 7.10. The molecule has 38 heavy (non-hydrogen) atoms. The Morgan fingerprint density at radius 3 is 2.45 bits per heavy atom. The maximum atomic E-state index is 12.6. The zero-order chi connectivity index (χ0) is 27.1. The van der Waals surface area contributed by atoms with Crippen LogP contribution in [0.4, 0.5) is 5.69 Å². The molecule has 5 nitrogen and oxygen atoms in total. The van der Waals surface area contributed by atoms with Crippen LogP contribution in [0.3, 0.4) is 0 Å². The average Bonchev–Trinajstić information content (AvgIpc) is 2.92. The third-order valence-electron chi connectivity index (χ3n) is 7.33. The van der Waals surface area contributed by atoms with Crippen molar-refractivity contribution in [1.82, 2.24) is 15.2 Å². The van der Waals surface area contributed by atoms with E-state index in [0.717, 1.165) is 38.9 Å². The molecule has 1 amide bonds.